The summed E-state index contributed by atoms with van der Waals surface area (Å²) in [6.07, 6.45) is 15.1. The van der Waals surface area contributed by atoms with Crippen molar-refractivity contribution in [1.82, 2.24) is 0 Å². The van der Waals surface area contributed by atoms with Gasteiger partial charge in [0.15, 0.2) is 0 Å². The van der Waals surface area contributed by atoms with Gasteiger partial charge in [-0.05, 0) is 12.8 Å². The van der Waals surface area contributed by atoms with Gasteiger partial charge in [-0.1, -0.05) is 65.2 Å². The zero-order valence-electron chi connectivity index (χ0n) is 10.6. The highest BCUT2D eigenvalue weighted by Crippen LogP contribution is 2.29. The molecule has 0 bridgehead atoms. The van der Waals surface area contributed by atoms with Gasteiger partial charge in [-0.15, -0.1) is 0 Å². The zero-order valence-corrected chi connectivity index (χ0v) is 10.6. The Morgan fingerprint density at radius 3 is 1.87 bits per heavy atom. The van der Waals surface area contributed by atoms with E-state index in [-0.39, 0.29) is 0 Å². The third kappa shape index (κ3) is 6.19. The van der Waals surface area contributed by atoms with Gasteiger partial charge in [-0.25, -0.2) is 0 Å². The van der Waals surface area contributed by atoms with Crippen molar-refractivity contribution in [2.24, 2.45) is 0 Å². The molecule has 2 atom stereocenters. The Kier molecular flexibility index (Phi) is 7.08. The van der Waals surface area contributed by atoms with Crippen molar-refractivity contribution < 1.29 is 4.74 Å². The van der Waals surface area contributed by atoms with E-state index in [0.717, 1.165) is 0 Å². The van der Waals surface area contributed by atoms with Crippen LogP contribution in [0.2, 0.25) is 0 Å². The van der Waals surface area contributed by atoms with Crippen LogP contribution in [0.4, 0.5) is 0 Å². The van der Waals surface area contributed by atoms with Crippen molar-refractivity contribution in [2.75, 3.05) is 0 Å². The maximum absolute atomic E-state index is 5.53. The second-order valence-electron chi connectivity index (χ2n) is 4.88. The van der Waals surface area contributed by atoms with Crippen LogP contribution in [0, 0.1) is 0 Å². The lowest BCUT2D eigenvalue weighted by atomic mass is 10.1. The highest BCUT2D eigenvalue weighted by atomic mass is 16.6. The van der Waals surface area contributed by atoms with Crippen molar-refractivity contribution in [2.45, 2.75) is 90.3 Å². The van der Waals surface area contributed by atoms with Crippen molar-refractivity contribution >= 4 is 0 Å². The quantitative estimate of drug-likeness (QED) is 0.378. The third-order valence-corrected chi connectivity index (χ3v) is 3.43. The van der Waals surface area contributed by atoms with Crippen molar-refractivity contribution in [3.63, 3.8) is 0 Å². The average Bonchev–Trinajstić information content (AvgIpc) is 3.01. The first-order chi connectivity index (χ1) is 7.38. The van der Waals surface area contributed by atoms with Gasteiger partial charge >= 0.3 is 0 Å². The number of ether oxygens (including phenoxy) is 1. The first-order valence-electron chi connectivity index (χ1n) is 7.04. The first-order valence-corrected chi connectivity index (χ1v) is 7.04. The predicted octanol–water partition coefficient (Wildman–Crippen LogP) is 4.69. The van der Waals surface area contributed by atoms with Gasteiger partial charge < -0.3 is 4.74 Å². The van der Waals surface area contributed by atoms with Crippen LogP contribution >= 0.6 is 0 Å². The number of rotatable bonds is 10. The summed E-state index contributed by atoms with van der Waals surface area (Å²) in [5.41, 5.74) is 0. The van der Waals surface area contributed by atoms with Crippen molar-refractivity contribution in [3.8, 4) is 0 Å². The molecule has 1 rings (SSSR count). The van der Waals surface area contributed by atoms with E-state index >= 15 is 0 Å². The lowest BCUT2D eigenvalue weighted by Gasteiger charge is -2.00. The van der Waals surface area contributed by atoms with Gasteiger partial charge in [0.1, 0.15) is 0 Å². The fourth-order valence-corrected chi connectivity index (χ4v) is 2.27. The molecule has 1 saturated heterocycles. The number of hydrogen-bond acceptors (Lipinski definition) is 1. The lowest BCUT2D eigenvalue weighted by Crippen LogP contribution is -1.92. The summed E-state index contributed by atoms with van der Waals surface area (Å²) in [4.78, 5) is 0. The largest absolute Gasteiger partial charge is 0.370 e. The molecule has 0 aromatic carbocycles. The molecule has 0 spiro atoms. The van der Waals surface area contributed by atoms with Gasteiger partial charge in [-0.2, -0.15) is 0 Å². The Morgan fingerprint density at radius 2 is 1.33 bits per heavy atom. The van der Waals surface area contributed by atoms with E-state index in [1.807, 2.05) is 0 Å². The molecule has 1 aliphatic heterocycles. The van der Waals surface area contributed by atoms with Gasteiger partial charge in [-0.3, -0.25) is 0 Å². The van der Waals surface area contributed by atoms with Crippen LogP contribution < -0.4 is 0 Å². The minimum absolute atomic E-state index is 0.620. The molecular formula is C14H28O. The van der Waals surface area contributed by atoms with Crippen LogP contribution in [-0.4, -0.2) is 12.2 Å². The van der Waals surface area contributed by atoms with E-state index in [2.05, 4.69) is 13.8 Å². The smallest absolute Gasteiger partial charge is 0.0841 e. The molecule has 0 N–H and O–H groups in total. The standard InChI is InChI=1S/C14H28O/c1-3-5-6-7-8-9-10-11-12-14-13(4-2)15-14/h13-14H,3-12H2,1-2H3. The van der Waals surface area contributed by atoms with Crippen LogP contribution in [-0.2, 0) is 4.74 Å². The fourth-order valence-electron chi connectivity index (χ4n) is 2.27. The molecule has 0 amide bonds. The SMILES string of the molecule is CCCCCCCCCCC1OC1CC. The predicted molar refractivity (Wildman–Crippen MR) is 66.2 cm³/mol. The highest BCUT2D eigenvalue weighted by Gasteiger charge is 2.35. The van der Waals surface area contributed by atoms with Crippen LogP contribution in [0.25, 0.3) is 0 Å². The maximum Gasteiger partial charge on any atom is 0.0841 e. The number of unbranched alkanes of at least 4 members (excludes halogenated alkanes) is 7. The van der Waals surface area contributed by atoms with Gasteiger partial charge in [0.05, 0.1) is 12.2 Å². The Balaban J connectivity index is 1.71. The minimum Gasteiger partial charge on any atom is -0.370 e. The first kappa shape index (κ1) is 13.0. The Bertz CT molecular complexity index is 144. The van der Waals surface area contributed by atoms with Gasteiger partial charge in [0.25, 0.3) is 0 Å². The zero-order chi connectivity index (χ0) is 10.9. The molecule has 0 aromatic heterocycles. The normalized spacial score (nSPS) is 24.4. The number of hydrogen-bond donors (Lipinski definition) is 0. The molecule has 1 heterocycles. The molecule has 0 saturated carbocycles. The Morgan fingerprint density at radius 1 is 0.733 bits per heavy atom. The average molecular weight is 212 g/mol. The summed E-state index contributed by atoms with van der Waals surface area (Å²) in [7, 11) is 0. The molecule has 1 nitrogen and oxygen atoms in total. The molecule has 0 aromatic rings. The summed E-state index contributed by atoms with van der Waals surface area (Å²) in [6.45, 7) is 4.50. The summed E-state index contributed by atoms with van der Waals surface area (Å²) in [5, 5.41) is 0. The molecular weight excluding hydrogens is 184 g/mol. The second-order valence-corrected chi connectivity index (χ2v) is 4.88. The summed E-state index contributed by atoms with van der Waals surface area (Å²) >= 11 is 0. The van der Waals surface area contributed by atoms with E-state index in [1.165, 1.54) is 64.2 Å². The van der Waals surface area contributed by atoms with E-state index in [1.54, 1.807) is 0 Å². The fraction of sp³-hybridized carbons (Fsp3) is 1.00. The molecule has 0 radical (unpaired) electrons. The van der Waals surface area contributed by atoms with Crippen LogP contribution in [0.1, 0.15) is 78.1 Å². The summed E-state index contributed by atoms with van der Waals surface area (Å²) in [5.74, 6) is 0. The summed E-state index contributed by atoms with van der Waals surface area (Å²) < 4.78 is 5.53. The molecule has 1 aliphatic rings. The molecule has 1 heteroatoms. The molecule has 1 fully saturated rings. The molecule has 90 valence electrons. The Labute approximate surface area is 95.6 Å². The monoisotopic (exact) mass is 212 g/mol. The van der Waals surface area contributed by atoms with Crippen LogP contribution in [0.3, 0.4) is 0 Å². The Hall–Kier alpha value is -0.0400. The molecule has 15 heavy (non-hydrogen) atoms. The van der Waals surface area contributed by atoms with Gasteiger partial charge in [0.2, 0.25) is 0 Å². The van der Waals surface area contributed by atoms with E-state index in [4.69, 9.17) is 4.74 Å². The van der Waals surface area contributed by atoms with E-state index in [0.29, 0.717) is 12.2 Å². The summed E-state index contributed by atoms with van der Waals surface area (Å²) in [6, 6.07) is 0. The van der Waals surface area contributed by atoms with E-state index < -0.39 is 0 Å². The lowest BCUT2D eigenvalue weighted by molar-refractivity contribution is 0.355. The number of epoxide rings is 1. The highest BCUT2D eigenvalue weighted by molar-refractivity contribution is 4.82. The third-order valence-electron chi connectivity index (χ3n) is 3.43. The van der Waals surface area contributed by atoms with Gasteiger partial charge in [0, 0.05) is 0 Å². The van der Waals surface area contributed by atoms with E-state index in [9.17, 15) is 0 Å². The maximum atomic E-state index is 5.53. The van der Waals surface area contributed by atoms with Crippen molar-refractivity contribution in [1.29, 1.82) is 0 Å². The van der Waals surface area contributed by atoms with Crippen LogP contribution in [0.15, 0.2) is 0 Å². The minimum atomic E-state index is 0.620. The topological polar surface area (TPSA) is 12.5 Å². The molecule has 0 aliphatic carbocycles. The van der Waals surface area contributed by atoms with Crippen LogP contribution in [0.5, 0.6) is 0 Å². The molecule has 2 unspecified atom stereocenters. The van der Waals surface area contributed by atoms with Crippen molar-refractivity contribution in [3.05, 3.63) is 0 Å². The second kappa shape index (κ2) is 8.15.